The fraction of sp³-hybridized carbons (Fsp3) is 0.167. The van der Waals surface area contributed by atoms with Gasteiger partial charge in [-0.05, 0) is 24.6 Å². The maximum atomic E-state index is 12.0. The topological polar surface area (TPSA) is 125 Å². The molecule has 1 amide bonds. The van der Waals surface area contributed by atoms with Gasteiger partial charge in [-0.1, -0.05) is 23.4 Å². The number of esters is 1. The molecule has 3 aromatic rings. The van der Waals surface area contributed by atoms with Gasteiger partial charge >= 0.3 is 5.97 Å². The van der Waals surface area contributed by atoms with E-state index in [0.717, 1.165) is 0 Å². The molecule has 3 rings (SSSR count). The second-order valence-electron chi connectivity index (χ2n) is 5.77. The van der Waals surface area contributed by atoms with Crippen LogP contribution in [-0.2, 0) is 20.7 Å². The van der Waals surface area contributed by atoms with Crippen LogP contribution in [0.3, 0.4) is 0 Å². The summed E-state index contributed by atoms with van der Waals surface area (Å²) in [6.45, 7) is 1.18. The number of carbonyl (C=O) groups excluding carboxylic acids is 2. The molecule has 0 radical (unpaired) electrons. The summed E-state index contributed by atoms with van der Waals surface area (Å²) in [5.74, 6) is -1.24. The first-order chi connectivity index (χ1) is 12.9. The van der Waals surface area contributed by atoms with E-state index in [0.29, 0.717) is 22.2 Å². The number of hydrogen-bond donors (Lipinski definition) is 1. The summed E-state index contributed by atoms with van der Waals surface area (Å²) in [5.41, 5.74) is 1.76. The minimum absolute atomic E-state index is 0.139. The highest BCUT2D eigenvalue weighted by Crippen LogP contribution is 2.22. The monoisotopic (exact) mass is 369 g/mol. The van der Waals surface area contributed by atoms with Crippen LogP contribution < -0.4 is 5.32 Å². The summed E-state index contributed by atoms with van der Waals surface area (Å²) >= 11 is 0. The van der Waals surface area contributed by atoms with E-state index in [4.69, 9.17) is 9.26 Å². The first kappa shape index (κ1) is 18.1. The normalized spacial score (nSPS) is 10.6. The molecule has 1 aromatic heterocycles. The molecule has 0 unspecified atom stereocenters. The lowest BCUT2D eigenvalue weighted by Crippen LogP contribution is -2.22. The quantitative estimate of drug-likeness (QED) is 0.402. The smallest absolute Gasteiger partial charge is 0.312 e. The Hall–Kier alpha value is -3.75. The third-order valence-corrected chi connectivity index (χ3v) is 3.83. The van der Waals surface area contributed by atoms with Gasteiger partial charge in [0.1, 0.15) is 5.69 Å². The molecule has 0 fully saturated rings. The van der Waals surface area contributed by atoms with E-state index in [9.17, 15) is 19.7 Å². The zero-order chi connectivity index (χ0) is 19.4. The van der Waals surface area contributed by atoms with Crippen LogP contribution in [0.1, 0.15) is 11.3 Å². The third kappa shape index (κ3) is 4.27. The van der Waals surface area contributed by atoms with E-state index in [1.165, 1.54) is 18.2 Å². The molecule has 2 aromatic carbocycles. The zero-order valence-electron chi connectivity index (χ0n) is 14.3. The molecule has 9 nitrogen and oxygen atoms in total. The number of ether oxygens (including phenoxy) is 1. The molecule has 27 heavy (non-hydrogen) atoms. The Labute approximate surface area is 153 Å². The van der Waals surface area contributed by atoms with Gasteiger partial charge in [0.15, 0.2) is 12.2 Å². The van der Waals surface area contributed by atoms with Crippen molar-refractivity contribution in [2.45, 2.75) is 13.3 Å². The van der Waals surface area contributed by atoms with Crippen LogP contribution in [-0.4, -0.2) is 28.6 Å². The second-order valence-corrected chi connectivity index (χ2v) is 5.77. The fourth-order valence-corrected chi connectivity index (χ4v) is 2.44. The first-order valence-corrected chi connectivity index (χ1v) is 7.98. The van der Waals surface area contributed by atoms with E-state index in [1.54, 1.807) is 31.2 Å². The van der Waals surface area contributed by atoms with Gasteiger partial charge in [-0.3, -0.25) is 19.7 Å². The van der Waals surface area contributed by atoms with Crippen molar-refractivity contribution in [3.63, 3.8) is 0 Å². The summed E-state index contributed by atoms with van der Waals surface area (Å²) in [6, 6.07) is 11.2. The Morgan fingerprint density at radius 2 is 2.04 bits per heavy atom. The Morgan fingerprint density at radius 1 is 1.26 bits per heavy atom. The predicted molar refractivity (Wildman–Crippen MR) is 95.1 cm³/mol. The average Bonchev–Trinajstić information content (AvgIpc) is 3.05. The standard InChI is InChI=1S/C18H15N3O6/c1-11-6-7-12(21(24)25)8-14(11)19-17(22)10-26-18(23)9-15-13-4-2-3-5-16(13)27-20-15/h2-8H,9-10H2,1H3,(H,19,22). The van der Waals surface area contributed by atoms with Crippen molar-refractivity contribution >= 4 is 34.2 Å². The Bertz CT molecular complexity index is 1030. The number of para-hydroxylation sites is 1. The maximum Gasteiger partial charge on any atom is 0.312 e. The molecule has 1 N–H and O–H groups in total. The number of nitrogens with one attached hydrogen (secondary N) is 1. The Balaban J connectivity index is 1.57. The number of fused-ring (bicyclic) bond motifs is 1. The van der Waals surface area contributed by atoms with Gasteiger partial charge < -0.3 is 14.6 Å². The van der Waals surface area contributed by atoms with E-state index in [2.05, 4.69) is 10.5 Å². The summed E-state index contributed by atoms with van der Waals surface area (Å²) < 4.78 is 10.1. The summed E-state index contributed by atoms with van der Waals surface area (Å²) in [5, 5.41) is 17.8. The van der Waals surface area contributed by atoms with Gasteiger partial charge in [0, 0.05) is 17.5 Å². The average molecular weight is 369 g/mol. The number of aryl methyl sites for hydroxylation is 1. The highest BCUT2D eigenvalue weighted by atomic mass is 16.6. The number of nitro benzene ring substituents is 1. The highest BCUT2D eigenvalue weighted by molar-refractivity contribution is 5.94. The number of benzene rings is 2. The van der Waals surface area contributed by atoms with E-state index in [-0.39, 0.29) is 17.8 Å². The van der Waals surface area contributed by atoms with Crippen LogP contribution in [0.25, 0.3) is 11.0 Å². The highest BCUT2D eigenvalue weighted by Gasteiger charge is 2.15. The summed E-state index contributed by atoms with van der Waals surface area (Å²) in [4.78, 5) is 34.2. The molecule has 0 saturated heterocycles. The number of anilines is 1. The van der Waals surface area contributed by atoms with E-state index in [1.807, 2.05) is 0 Å². The van der Waals surface area contributed by atoms with E-state index < -0.39 is 23.4 Å². The van der Waals surface area contributed by atoms with Crippen LogP contribution in [0, 0.1) is 17.0 Å². The molecule has 0 aliphatic heterocycles. The number of nitro groups is 1. The largest absolute Gasteiger partial charge is 0.455 e. The van der Waals surface area contributed by atoms with Crippen LogP contribution in [0.5, 0.6) is 0 Å². The number of non-ortho nitro benzene ring substituents is 1. The van der Waals surface area contributed by atoms with Crippen molar-refractivity contribution in [1.29, 1.82) is 0 Å². The lowest BCUT2D eigenvalue weighted by molar-refractivity contribution is -0.384. The number of rotatable bonds is 6. The van der Waals surface area contributed by atoms with Crippen molar-refractivity contribution in [3.05, 3.63) is 63.8 Å². The van der Waals surface area contributed by atoms with E-state index >= 15 is 0 Å². The zero-order valence-corrected chi connectivity index (χ0v) is 14.3. The molecular formula is C18H15N3O6. The van der Waals surface area contributed by atoms with Crippen LogP contribution in [0.15, 0.2) is 47.0 Å². The molecule has 0 atom stereocenters. The Kier molecular flexibility index (Phi) is 5.11. The van der Waals surface area contributed by atoms with Crippen molar-refractivity contribution < 1.29 is 23.8 Å². The predicted octanol–water partition coefficient (Wildman–Crippen LogP) is 2.77. The van der Waals surface area contributed by atoms with Crippen molar-refractivity contribution in [1.82, 2.24) is 5.16 Å². The number of amides is 1. The van der Waals surface area contributed by atoms with Gasteiger partial charge in [0.25, 0.3) is 11.6 Å². The first-order valence-electron chi connectivity index (χ1n) is 7.98. The molecule has 1 heterocycles. The van der Waals surface area contributed by atoms with Crippen LogP contribution >= 0.6 is 0 Å². The van der Waals surface area contributed by atoms with Gasteiger partial charge in [0.2, 0.25) is 0 Å². The molecule has 0 bridgehead atoms. The maximum absolute atomic E-state index is 12.0. The van der Waals surface area contributed by atoms with Gasteiger partial charge in [-0.15, -0.1) is 0 Å². The second kappa shape index (κ2) is 7.65. The van der Waals surface area contributed by atoms with Gasteiger partial charge in [0.05, 0.1) is 17.0 Å². The SMILES string of the molecule is Cc1ccc([N+](=O)[O-])cc1NC(=O)COC(=O)Cc1noc2ccccc12. The molecular weight excluding hydrogens is 354 g/mol. The molecule has 0 saturated carbocycles. The number of aromatic nitrogens is 1. The van der Waals surface area contributed by atoms with Crippen LogP contribution in [0.4, 0.5) is 11.4 Å². The summed E-state index contributed by atoms with van der Waals surface area (Å²) in [6.07, 6.45) is -0.139. The summed E-state index contributed by atoms with van der Waals surface area (Å²) in [7, 11) is 0. The fourth-order valence-electron chi connectivity index (χ4n) is 2.44. The number of hydrogen-bond acceptors (Lipinski definition) is 7. The third-order valence-electron chi connectivity index (χ3n) is 3.83. The lowest BCUT2D eigenvalue weighted by atomic mass is 10.2. The minimum atomic E-state index is -0.639. The lowest BCUT2D eigenvalue weighted by Gasteiger charge is -2.08. The minimum Gasteiger partial charge on any atom is -0.455 e. The molecule has 0 spiro atoms. The molecule has 138 valence electrons. The van der Waals surface area contributed by atoms with Crippen LogP contribution in [0.2, 0.25) is 0 Å². The number of nitrogens with zero attached hydrogens (tertiary/aromatic N) is 2. The van der Waals surface area contributed by atoms with Crippen molar-refractivity contribution in [3.8, 4) is 0 Å². The van der Waals surface area contributed by atoms with Crippen molar-refractivity contribution in [2.24, 2.45) is 0 Å². The van der Waals surface area contributed by atoms with Gasteiger partial charge in [-0.2, -0.15) is 0 Å². The molecule has 0 aliphatic rings. The molecule has 9 heteroatoms. The number of carbonyl (C=O) groups is 2. The van der Waals surface area contributed by atoms with Crippen molar-refractivity contribution in [2.75, 3.05) is 11.9 Å². The molecule has 0 aliphatic carbocycles. The Morgan fingerprint density at radius 3 is 2.81 bits per heavy atom. The van der Waals surface area contributed by atoms with Gasteiger partial charge in [-0.25, -0.2) is 0 Å².